The van der Waals surface area contributed by atoms with Gasteiger partial charge in [0.25, 0.3) is 0 Å². The molecule has 1 aliphatic rings. The fraction of sp³-hybridized carbons (Fsp3) is 0.625. The number of hydrogen-bond acceptors (Lipinski definition) is 4. The van der Waals surface area contributed by atoms with Gasteiger partial charge in [0.1, 0.15) is 0 Å². The summed E-state index contributed by atoms with van der Waals surface area (Å²) in [5, 5.41) is 0. The molecule has 0 bridgehead atoms. The van der Waals surface area contributed by atoms with Crippen molar-refractivity contribution < 1.29 is 4.74 Å². The Kier molecular flexibility index (Phi) is 5.83. The van der Waals surface area contributed by atoms with Gasteiger partial charge in [-0.25, -0.2) is 0 Å². The first-order chi connectivity index (χ1) is 9.69. The van der Waals surface area contributed by atoms with Gasteiger partial charge in [-0.1, -0.05) is 12.1 Å². The van der Waals surface area contributed by atoms with Crippen LogP contribution in [0.2, 0.25) is 0 Å². The van der Waals surface area contributed by atoms with Crippen LogP contribution in [0.5, 0.6) is 0 Å². The smallest absolute Gasteiger partial charge is 0.0477 e. The molecule has 1 heterocycles. The maximum atomic E-state index is 6.12. The summed E-state index contributed by atoms with van der Waals surface area (Å²) in [6.45, 7) is 8.23. The Bertz CT molecular complexity index is 402. The summed E-state index contributed by atoms with van der Waals surface area (Å²) in [7, 11) is 1.73. The van der Waals surface area contributed by atoms with Crippen LogP contribution in [0.1, 0.15) is 12.0 Å². The van der Waals surface area contributed by atoms with Gasteiger partial charge in [0, 0.05) is 58.2 Å². The second kappa shape index (κ2) is 7.62. The number of rotatable bonds is 6. The van der Waals surface area contributed by atoms with Crippen LogP contribution >= 0.6 is 0 Å². The lowest BCUT2D eigenvalue weighted by Crippen LogP contribution is -2.50. The molecule has 1 unspecified atom stereocenters. The minimum atomic E-state index is 0.223. The summed E-state index contributed by atoms with van der Waals surface area (Å²) in [6, 6.07) is 8.97. The fourth-order valence-corrected chi connectivity index (χ4v) is 2.71. The van der Waals surface area contributed by atoms with Crippen LogP contribution in [0.4, 0.5) is 5.69 Å². The SMILES string of the molecule is COCCC(N)CN1CCN(c2cccc(C)c2)CC1. The third-order valence-electron chi connectivity index (χ3n) is 3.92. The number of benzene rings is 1. The number of aryl methyl sites for hydroxylation is 1. The lowest BCUT2D eigenvalue weighted by atomic mass is 10.1. The number of hydrogen-bond donors (Lipinski definition) is 1. The number of anilines is 1. The van der Waals surface area contributed by atoms with E-state index in [4.69, 9.17) is 10.5 Å². The zero-order chi connectivity index (χ0) is 14.4. The molecule has 1 aromatic carbocycles. The van der Waals surface area contributed by atoms with Crippen molar-refractivity contribution in [1.82, 2.24) is 4.90 Å². The zero-order valence-electron chi connectivity index (χ0n) is 12.7. The molecule has 0 amide bonds. The number of piperazine rings is 1. The van der Waals surface area contributed by atoms with Gasteiger partial charge < -0.3 is 15.4 Å². The largest absolute Gasteiger partial charge is 0.385 e. The highest BCUT2D eigenvalue weighted by Crippen LogP contribution is 2.17. The lowest BCUT2D eigenvalue weighted by Gasteiger charge is -2.37. The molecule has 20 heavy (non-hydrogen) atoms. The molecule has 1 saturated heterocycles. The minimum Gasteiger partial charge on any atom is -0.385 e. The van der Waals surface area contributed by atoms with E-state index < -0.39 is 0 Å². The number of methoxy groups -OCH3 is 1. The summed E-state index contributed by atoms with van der Waals surface area (Å²) in [4.78, 5) is 4.93. The van der Waals surface area contributed by atoms with Crippen molar-refractivity contribution in [3.8, 4) is 0 Å². The van der Waals surface area contributed by atoms with Gasteiger partial charge in [-0.2, -0.15) is 0 Å². The van der Waals surface area contributed by atoms with Gasteiger partial charge in [-0.15, -0.1) is 0 Å². The van der Waals surface area contributed by atoms with E-state index in [0.717, 1.165) is 45.8 Å². The van der Waals surface area contributed by atoms with E-state index >= 15 is 0 Å². The van der Waals surface area contributed by atoms with E-state index in [9.17, 15) is 0 Å². The molecule has 0 saturated carbocycles. The lowest BCUT2D eigenvalue weighted by molar-refractivity contribution is 0.172. The molecule has 1 aliphatic heterocycles. The molecular weight excluding hydrogens is 250 g/mol. The summed E-state index contributed by atoms with van der Waals surface area (Å²) in [5.41, 5.74) is 8.79. The van der Waals surface area contributed by atoms with Gasteiger partial charge in [0.05, 0.1) is 0 Å². The molecule has 1 fully saturated rings. The van der Waals surface area contributed by atoms with Crippen molar-refractivity contribution in [2.45, 2.75) is 19.4 Å². The van der Waals surface area contributed by atoms with Crippen LogP contribution in [0.3, 0.4) is 0 Å². The highest BCUT2D eigenvalue weighted by molar-refractivity contribution is 5.48. The maximum absolute atomic E-state index is 6.12. The molecule has 4 nitrogen and oxygen atoms in total. The monoisotopic (exact) mass is 277 g/mol. The molecule has 1 aromatic rings. The van der Waals surface area contributed by atoms with Crippen LogP contribution < -0.4 is 10.6 Å². The fourth-order valence-electron chi connectivity index (χ4n) is 2.71. The number of nitrogens with zero attached hydrogens (tertiary/aromatic N) is 2. The predicted octanol–water partition coefficient (Wildman–Crippen LogP) is 1.48. The molecule has 2 rings (SSSR count). The van der Waals surface area contributed by atoms with Gasteiger partial charge in [0.2, 0.25) is 0 Å². The van der Waals surface area contributed by atoms with E-state index in [1.165, 1.54) is 11.3 Å². The van der Waals surface area contributed by atoms with Crippen LogP contribution in [0.25, 0.3) is 0 Å². The predicted molar refractivity (Wildman–Crippen MR) is 84.3 cm³/mol. The van der Waals surface area contributed by atoms with Gasteiger partial charge in [0.15, 0.2) is 0 Å². The van der Waals surface area contributed by atoms with Gasteiger partial charge in [-0.05, 0) is 31.0 Å². The topological polar surface area (TPSA) is 41.7 Å². The van der Waals surface area contributed by atoms with Crippen molar-refractivity contribution in [3.05, 3.63) is 29.8 Å². The molecule has 0 aromatic heterocycles. The molecule has 4 heteroatoms. The maximum Gasteiger partial charge on any atom is 0.0477 e. The van der Waals surface area contributed by atoms with E-state index in [-0.39, 0.29) is 6.04 Å². The highest BCUT2D eigenvalue weighted by Gasteiger charge is 2.18. The quantitative estimate of drug-likeness (QED) is 0.855. The number of nitrogens with two attached hydrogens (primary N) is 1. The van der Waals surface area contributed by atoms with E-state index in [1.54, 1.807) is 7.11 Å². The third kappa shape index (κ3) is 4.47. The van der Waals surface area contributed by atoms with E-state index in [0.29, 0.717) is 0 Å². The van der Waals surface area contributed by atoms with E-state index in [2.05, 4.69) is 41.0 Å². The van der Waals surface area contributed by atoms with Crippen LogP contribution in [-0.4, -0.2) is 57.4 Å². The molecule has 0 spiro atoms. The average Bonchev–Trinajstić information content (AvgIpc) is 2.46. The van der Waals surface area contributed by atoms with Gasteiger partial charge >= 0.3 is 0 Å². The second-order valence-electron chi connectivity index (χ2n) is 5.67. The Hall–Kier alpha value is -1.10. The molecule has 0 aliphatic carbocycles. The molecule has 1 atom stereocenters. The van der Waals surface area contributed by atoms with Crippen molar-refractivity contribution in [3.63, 3.8) is 0 Å². The first-order valence-electron chi connectivity index (χ1n) is 7.47. The van der Waals surface area contributed by atoms with Crippen LogP contribution in [0.15, 0.2) is 24.3 Å². The average molecular weight is 277 g/mol. The summed E-state index contributed by atoms with van der Waals surface area (Å²) >= 11 is 0. The normalized spacial score (nSPS) is 18.2. The van der Waals surface area contributed by atoms with Crippen molar-refractivity contribution in [1.29, 1.82) is 0 Å². The Morgan fingerprint density at radius 3 is 2.65 bits per heavy atom. The van der Waals surface area contributed by atoms with Crippen molar-refractivity contribution >= 4 is 5.69 Å². The Morgan fingerprint density at radius 1 is 1.25 bits per heavy atom. The highest BCUT2D eigenvalue weighted by atomic mass is 16.5. The van der Waals surface area contributed by atoms with Crippen molar-refractivity contribution in [2.24, 2.45) is 5.73 Å². The van der Waals surface area contributed by atoms with Crippen molar-refractivity contribution in [2.75, 3.05) is 51.3 Å². The third-order valence-corrected chi connectivity index (χ3v) is 3.92. The Morgan fingerprint density at radius 2 is 2.00 bits per heavy atom. The zero-order valence-corrected chi connectivity index (χ0v) is 12.7. The van der Waals surface area contributed by atoms with E-state index in [1.807, 2.05) is 0 Å². The second-order valence-corrected chi connectivity index (χ2v) is 5.67. The molecule has 112 valence electrons. The summed E-state index contributed by atoms with van der Waals surface area (Å²) < 4.78 is 5.08. The molecule has 0 radical (unpaired) electrons. The van der Waals surface area contributed by atoms with Crippen LogP contribution in [0, 0.1) is 6.92 Å². The number of ether oxygens (including phenoxy) is 1. The first kappa shape index (κ1) is 15.3. The standard InChI is InChI=1S/C16H27N3O/c1-14-4-3-5-16(12-14)19-9-7-18(8-10-19)13-15(17)6-11-20-2/h3-5,12,15H,6-11,13,17H2,1-2H3. The molecule has 2 N–H and O–H groups in total. The van der Waals surface area contributed by atoms with Crippen LogP contribution in [-0.2, 0) is 4.74 Å². The Labute approximate surface area is 122 Å². The molecular formula is C16H27N3O. The summed E-state index contributed by atoms with van der Waals surface area (Å²) in [6.07, 6.45) is 0.939. The Balaban J connectivity index is 1.77. The van der Waals surface area contributed by atoms with Gasteiger partial charge in [-0.3, -0.25) is 4.90 Å². The first-order valence-corrected chi connectivity index (χ1v) is 7.47. The summed E-state index contributed by atoms with van der Waals surface area (Å²) in [5.74, 6) is 0. The minimum absolute atomic E-state index is 0.223.